The number of rotatable bonds is 18. The minimum atomic E-state index is -1.60. The summed E-state index contributed by atoms with van der Waals surface area (Å²) in [6, 6.07) is -7.40. The summed E-state index contributed by atoms with van der Waals surface area (Å²) in [6.07, 6.45) is -1.28. The van der Waals surface area contributed by atoms with Gasteiger partial charge >= 0.3 is 5.97 Å². The third-order valence-corrected chi connectivity index (χ3v) is 6.72. The summed E-state index contributed by atoms with van der Waals surface area (Å²) in [5.41, 5.74) is 5.88. The Morgan fingerprint density at radius 1 is 0.581 bits per heavy atom. The van der Waals surface area contributed by atoms with E-state index in [0.29, 0.717) is 0 Å². The second-order valence-electron chi connectivity index (χ2n) is 12.2. The van der Waals surface area contributed by atoms with Crippen molar-refractivity contribution in [2.45, 2.75) is 111 Å². The van der Waals surface area contributed by atoms with Crippen molar-refractivity contribution >= 4 is 35.5 Å². The molecule has 0 aromatic rings. The zero-order valence-corrected chi connectivity index (χ0v) is 26.6. The first-order valence-electron chi connectivity index (χ1n) is 14.5. The molecule has 5 amide bonds. The van der Waals surface area contributed by atoms with E-state index in [1.165, 1.54) is 6.92 Å². The third-order valence-electron chi connectivity index (χ3n) is 6.72. The van der Waals surface area contributed by atoms with Crippen molar-refractivity contribution in [3.05, 3.63) is 0 Å². The van der Waals surface area contributed by atoms with Crippen LogP contribution >= 0.6 is 0 Å². The van der Waals surface area contributed by atoms with Crippen molar-refractivity contribution in [1.29, 1.82) is 0 Å². The number of nitrogens with two attached hydrogens (primary N) is 1. The molecule has 0 radical (unpaired) electrons. The normalized spacial score (nSPS) is 16.5. The largest absolute Gasteiger partial charge is 0.480 e. The molecule has 0 heterocycles. The highest BCUT2D eigenvalue weighted by molar-refractivity contribution is 5.96. The zero-order valence-electron chi connectivity index (χ0n) is 26.6. The number of carboxylic acids is 1. The van der Waals surface area contributed by atoms with Gasteiger partial charge in [-0.3, -0.25) is 24.0 Å². The Morgan fingerprint density at radius 3 is 1.33 bits per heavy atom. The van der Waals surface area contributed by atoms with Gasteiger partial charge in [0.2, 0.25) is 29.5 Å². The first-order chi connectivity index (χ1) is 19.7. The number of hydrogen-bond donors (Lipinski definition) is 9. The van der Waals surface area contributed by atoms with Crippen LogP contribution in [-0.4, -0.2) is 99.8 Å². The fourth-order valence-electron chi connectivity index (χ4n) is 3.94. The molecule has 0 fully saturated rings. The van der Waals surface area contributed by atoms with E-state index in [-0.39, 0.29) is 18.3 Å². The molecule has 0 bridgehead atoms. The summed E-state index contributed by atoms with van der Waals surface area (Å²) >= 11 is 0. The lowest BCUT2D eigenvalue weighted by Gasteiger charge is -2.29. The maximum absolute atomic E-state index is 13.3. The average Bonchev–Trinajstić information content (AvgIpc) is 2.89. The monoisotopic (exact) mass is 616 g/mol. The molecular weight excluding hydrogens is 564 g/mol. The first-order valence-corrected chi connectivity index (χ1v) is 14.5. The van der Waals surface area contributed by atoms with E-state index in [4.69, 9.17) is 5.73 Å². The minimum absolute atomic E-state index is 0.101. The van der Waals surface area contributed by atoms with Crippen molar-refractivity contribution in [1.82, 2.24) is 26.6 Å². The quantitative estimate of drug-likeness (QED) is 0.0836. The molecule has 0 saturated heterocycles. The molecule has 0 aromatic carbocycles. The Kier molecular flexibility index (Phi) is 17.0. The van der Waals surface area contributed by atoms with Crippen LogP contribution in [0.5, 0.6) is 0 Å². The van der Waals surface area contributed by atoms with Crippen LogP contribution in [0.2, 0.25) is 0 Å². The summed E-state index contributed by atoms with van der Waals surface area (Å²) in [7, 11) is 0. The number of aliphatic carboxylic acids is 1. The number of carbonyl (C=O) groups is 6. The van der Waals surface area contributed by atoms with E-state index in [1.54, 1.807) is 55.4 Å². The molecular formula is C28H52N6O9. The van der Waals surface area contributed by atoms with Crippen LogP contribution in [0.3, 0.4) is 0 Å². The molecule has 43 heavy (non-hydrogen) atoms. The molecule has 10 N–H and O–H groups in total. The Bertz CT molecular complexity index is 970. The highest BCUT2D eigenvalue weighted by atomic mass is 16.4. The van der Waals surface area contributed by atoms with Crippen LogP contribution in [0, 0.1) is 23.7 Å². The molecule has 0 saturated carbocycles. The van der Waals surface area contributed by atoms with E-state index < -0.39 is 96.3 Å². The number of aliphatic hydroxyl groups excluding tert-OH is 2. The molecule has 0 aliphatic heterocycles. The molecule has 15 nitrogen and oxygen atoms in total. The number of nitrogens with one attached hydrogen (secondary N) is 5. The third kappa shape index (κ3) is 13.3. The van der Waals surface area contributed by atoms with E-state index in [0.717, 1.165) is 0 Å². The number of carbonyl (C=O) groups excluding carboxylic acids is 5. The number of carboxylic acid groups (broad SMARTS) is 1. The Labute approximate surface area is 253 Å². The fourth-order valence-corrected chi connectivity index (χ4v) is 3.94. The van der Waals surface area contributed by atoms with Crippen molar-refractivity contribution < 1.29 is 44.1 Å². The van der Waals surface area contributed by atoms with Crippen LogP contribution in [0.25, 0.3) is 0 Å². The molecule has 0 aliphatic carbocycles. The SMILES string of the molecule is CC(C)CC(NC(=O)C(NC(=O)C(CO)NC(=O)C(NC(=O)C(N)C(C)C)C(C)C)C(C)C)C(=O)NC(C(=O)O)C(C)O. The molecule has 0 rings (SSSR count). The van der Waals surface area contributed by atoms with Gasteiger partial charge in [-0.2, -0.15) is 0 Å². The average molecular weight is 617 g/mol. The second kappa shape index (κ2) is 18.4. The zero-order chi connectivity index (χ0) is 33.8. The molecule has 0 aromatic heterocycles. The second-order valence-corrected chi connectivity index (χ2v) is 12.2. The maximum Gasteiger partial charge on any atom is 0.328 e. The Balaban J connectivity index is 5.76. The summed E-state index contributed by atoms with van der Waals surface area (Å²) < 4.78 is 0. The number of aliphatic hydroxyl groups is 2. The molecule has 0 aliphatic rings. The van der Waals surface area contributed by atoms with E-state index in [9.17, 15) is 44.1 Å². The van der Waals surface area contributed by atoms with E-state index in [2.05, 4.69) is 26.6 Å². The number of hydrogen-bond acceptors (Lipinski definition) is 9. The van der Waals surface area contributed by atoms with Gasteiger partial charge in [0, 0.05) is 0 Å². The molecule has 248 valence electrons. The van der Waals surface area contributed by atoms with Crippen LogP contribution in [-0.2, 0) is 28.8 Å². The predicted molar refractivity (Wildman–Crippen MR) is 158 cm³/mol. The van der Waals surface area contributed by atoms with Gasteiger partial charge in [-0.1, -0.05) is 55.4 Å². The first kappa shape index (κ1) is 39.7. The minimum Gasteiger partial charge on any atom is -0.480 e. The van der Waals surface area contributed by atoms with Gasteiger partial charge in [0.15, 0.2) is 6.04 Å². The van der Waals surface area contributed by atoms with Crippen molar-refractivity contribution in [3.8, 4) is 0 Å². The lowest BCUT2D eigenvalue weighted by Crippen LogP contribution is -2.62. The van der Waals surface area contributed by atoms with Gasteiger partial charge in [-0.25, -0.2) is 4.79 Å². The van der Waals surface area contributed by atoms with Crippen LogP contribution in [0.1, 0.15) is 68.7 Å². The molecule has 7 atom stereocenters. The van der Waals surface area contributed by atoms with Crippen LogP contribution in [0.4, 0.5) is 0 Å². The van der Waals surface area contributed by atoms with Gasteiger partial charge in [0.25, 0.3) is 0 Å². The van der Waals surface area contributed by atoms with Crippen molar-refractivity contribution in [2.24, 2.45) is 29.4 Å². The Hall–Kier alpha value is -3.30. The predicted octanol–water partition coefficient (Wildman–Crippen LogP) is -1.79. The fraction of sp³-hybridized carbons (Fsp3) is 0.786. The summed E-state index contributed by atoms with van der Waals surface area (Å²) in [5.74, 6) is -6.40. The van der Waals surface area contributed by atoms with Gasteiger partial charge in [-0.05, 0) is 37.0 Å². The van der Waals surface area contributed by atoms with Crippen LogP contribution in [0.15, 0.2) is 0 Å². The lowest BCUT2D eigenvalue weighted by atomic mass is 9.99. The summed E-state index contributed by atoms with van der Waals surface area (Å²) in [5, 5.41) is 41.1. The highest BCUT2D eigenvalue weighted by Crippen LogP contribution is 2.10. The molecule has 7 unspecified atom stereocenters. The maximum atomic E-state index is 13.3. The highest BCUT2D eigenvalue weighted by Gasteiger charge is 2.35. The van der Waals surface area contributed by atoms with Gasteiger partial charge in [-0.15, -0.1) is 0 Å². The molecule has 0 spiro atoms. The standard InChI is InChI=1S/C28H52N6O9/c1-12(2)10-17(23(37)34-22(16(9)36)28(42)43)30-26(40)20(14(5)6)32-24(38)18(11-35)31-27(41)21(15(7)8)33-25(39)19(29)13(3)4/h12-22,35-36H,10-11,29H2,1-9H3,(H,30,40)(H,31,41)(H,32,38)(H,33,39)(H,34,37)(H,42,43). The smallest absolute Gasteiger partial charge is 0.328 e. The lowest BCUT2D eigenvalue weighted by molar-refractivity contribution is -0.145. The van der Waals surface area contributed by atoms with Crippen molar-refractivity contribution in [3.63, 3.8) is 0 Å². The van der Waals surface area contributed by atoms with E-state index in [1.807, 2.05) is 0 Å². The van der Waals surface area contributed by atoms with E-state index >= 15 is 0 Å². The molecule has 15 heteroatoms. The Morgan fingerprint density at radius 2 is 0.977 bits per heavy atom. The van der Waals surface area contributed by atoms with Crippen LogP contribution < -0.4 is 32.3 Å². The van der Waals surface area contributed by atoms with Gasteiger partial charge < -0.3 is 47.6 Å². The number of amides is 5. The van der Waals surface area contributed by atoms with Crippen molar-refractivity contribution in [2.75, 3.05) is 6.61 Å². The van der Waals surface area contributed by atoms with Gasteiger partial charge in [0.1, 0.15) is 24.2 Å². The summed E-state index contributed by atoms with van der Waals surface area (Å²) in [6.45, 7) is 14.1. The van der Waals surface area contributed by atoms with Gasteiger partial charge in [0.05, 0.1) is 18.8 Å². The summed E-state index contributed by atoms with van der Waals surface area (Å²) in [4.78, 5) is 76.1. The topological polar surface area (TPSA) is 249 Å².